The molecule has 34 heavy (non-hydrogen) atoms. The first-order valence-corrected chi connectivity index (χ1v) is 12.7. The average molecular weight is 464 g/mol. The van der Waals surface area contributed by atoms with Crippen LogP contribution in [0.3, 0.4) is 0 Å². The van der Waals surface area contributed by atoms with Crippen LogP contribution in [0, 0.1) is 0 Å². The number of thiophene rings is 1. The quantitative estimate of drug-likeness (QED) is 0.404. The Hall–Kier alpha value is -3.54. The Morgan fingerprint density at radius 2 is 1.32 bits per heavy atom. The highest BCUT2D eigenvalue weighted by Crippen LogP contribution is 2.37. The molecule has 0 atom stereocenters. The molecule has 3 aromatic carbocycles. The van der Waals surface area contributed by atoms with Crippen molar-refractivity contribution in [3.05, 3.63) is 114 Å². The highest BCUT2D eigenvalue weighted by atomic mass is 32.1. The number of benzene rings is 3. The van der Waals surface area contributed by atoms with E-state index in [1.807, 2.05) is 0 Å². The first-order valence-electron chi connectivity index (χ1n) is 11.9. The van der Waals surface area contributed by atoms with Crippen LogP contribution >= 0.6 is 11.3 Å². The highest BCUT2D eigenvalue weighted by molar-refractivity contribution is 7.17. The molecule has 0 unspecified atom stereocenters. The molecule has 0 amide bonds. The van der Waals surface area contributed by atoms with Gasteiger partial charge in [0.1, 0.15) is 23.0 Å². The zero-order valence-corrected chi connectivity index (χ0v) is 19.8. The average Bonchev–Trinajstić information content (AvgIpc) is 3.36. The van der Waals surface area contributed by atoms with Crippen LogP contribution in [0.1, 0.15) is 17.2 Å². The Kier molecular flexibility index (Phi) is 5.79. The third-order valence-corrected chi connectivity index (χ3v) is 7.70. The first kappa shape index (κ1) is 21.0. The van der Waals surface area contributed by atoms with Gasteiger partial charge in [-0.3, -0.25) is 0 Å². The van der Waals surface area contributed by atoms with Crippen molar-refractivity contribution in [2.24, 2.45) is 0 Å². The third-order valence-electron chi connectivity index (χ3n) is 6.81. The number of quaternary nitrogens is 1. The van der Waals surface area contributed by atoms with Crippen molar-refractivity contribution in [1.82, 2.24) is 9.97 Å². The molecule has 3 heterocycles. The lowest BCUT2D eigenvalue weighted by Crippen LogP contribution is -3.15. The molecule has 5 aromatic rings. The fourth-order valence-electron chi connectivity index (χ4n) is 5.18. The molecule has 0 saturated carbocycles. The molecule has 1 saturated heterocycles. The lowest BCUT2D eigenvalue weighted by Gasteiger charge is -2.37. The summed E-state index contributed by atoms with van der Waals surface area (Å²) in [5.74, 6) is 1.07. The van der Waals surface area contributed by atoms with Gasteiger partial charge in [0.2, 0.25) is 0 Å². The Bertz CT molecular complexity index is 1320. The van der Waals surface area contributed by atoms with Gasteiger partial charge in [-0.25, -0.2) is 9.97 Å². The van der Waals surface area contributed by atoms with E-state index in [0.29, 0.717) is 6.04 Å². The van der Waals surface area contributed by atoms with E-state index < -0.39 is 0 Å². The van der Waals surface area contributed by atoms with Gasteiger partial charge in [0, 0.05) is 22.1 Å². The van der Waals surface area contributed by atoms with E-state index in [1.54, 1.807) is 22.6 Å². The van der Waals surface area contributed by atoms with E-state index in [-0.39, 0.29) is 0 Å². The molecule has 0 bridgehead atoms. The molecule has 4 nitrogen and oxygen atoms in total. The van der Waals surface area contributed by atoms with Crippen LogP contribution in [-0.2, 0) is 0 Å². The summed E-state index contributed by atoms with van der Waals surface area (Å²) in [4.78, 5) is 14.5. The summed E-state index contributed by atoms with van der Waals surface area (Å²) in [5, 5.41) is 3.41. The summed E-state index contributed by atoms with van der Waals surface area (Å²) in [6, 6.07) is 32.8. The minimum absolute atomic E-state index is 0.344. The van der Waals surface area contributed by atoms with Crippen LogP contribution in [0.2, 0.25) is 0 Å². The van der Waals surface area contributed by atoms with Gasteiger partial charge >= 0.3 is 0 Å². The van der Waals surface area contributed by atoms with Gasteiger partial charge in [0.05, 0.1) is 31.6 Å². The van der Waals surface area contributed by atoms with Crippen molar-refractivity contribution in [3.8, 4) is 11.1 Å². The first-order chi connectivity index (χ1) is 16.9. The number of piperazine rings is 1. The van der Waals surface area contributed by atoms with Gasteiger partial charge < -0.3 is 9.80 Å². The predicted molar refractivity (Wildman–Crippen MR) is 140 cm³/mol. The van der Waals surface area contributed by atoms with E-state index in [4.69, 9.17) is 4.98 Å². The maximum absolute atomic E-state index is 4.79. The molecule has 0 spiro atoms. The lowest BCUT2D eigenvalue weighted by molar-refractivity contribution is -0.926. The number of fused-ring (bicyclic) bond motifs is 1. The molecule has 1 N–H and O–H groups in total. The van der Waals surface area contributed by atoms with Crippen molar-refractivity contribution in [2.45, 2.75) is 6.04 Å². The SMILES string of the molecule is c1ccc(-c2csc3ncnc(N4CC[NH+](C(c5ccccc5)c5ccccc5)CC4)c23)cc1. The molecule has 0 aliphatic carbocycles. The molecule has 1 aliphatic rings. The molecule has 6 rings (SSSR count). The monoisotopic (exact) mass is 463 g/mol. The van der Waals surface area contributed by atoms with Gasteiger partial charge in [-0.1, -0.05) is 91.0 Å². The lowest BCUT2D eigenvalue weighted by atomic mass is 9.96. The summed E-state index contributed by atoms with van der Waals surface area (Å²) in [6.07, 6.45) is 1.72. The van der Waals surface area contributed by atoms with E-state index in [9.17, 15) is 0 Å². The molecular formula is C29H27N4S+. The topological polar surface area (TPSA) is 33.5 Å². The maximum atomic E-state index is 4.79. The molecular weight excluding hydrogens is 436 g/mol. The zero-order chi connectivity index (χ0) is 22.7. The number of anilines is 1. The van der Waals surface area contributed by atoms with Crippen LogP contribution in [-0.4, -0.2) is 36.1 Å². The van der Waals surface area contributed by atoms with Crippen molar-refractivity contribution >= 4 is 27.4 Å². The smallest absolute Gasteiger partial charge is 0.141 e. The van der Waals surface area contributed by atoms with Gasteiger partial charge in [-0.15, -0.1) is 11.3 Å². The van der Waals surface area contributed by atoms with Crippen molar-refractivity contribution < 1.29 is 4.90 Å². The van der Waals surface area contributed by atoms with Crippen LogP contribution in [0.25, 0.3) is 21.3 Å². The minimum atomic E-state index is 0.344. The Morgan fingerprint density at radius 3 is 1.94 bits per heavy atom. The Morgan fingerprint density at radius 1 is 0.735 bits per heavy atom. The molecule has 1 fully saturated rings. The number of aromatic nitrogens is 2. The molecule has 1 aliphatic heterocycles. The summed E-state index contributed by atoms with van der Waals surface area (Å²) in [7, 11) is 0. The number of nitrogens with one attached hydrogen (secondary N) is 1. The van der Waals surface area contributed by atoms with E-state index in [0.717, 1.165) is 36.8 Å². The zero-order valence-electron chi connectivity index (χ0n) is 19.0. The molecule has 0 radical (unpaired) electrons. The number of nitrogens with zero attached hydrogens (tertiary/aromatic N) is 3. The van der Waals surface area contributed by atoms with Crippen LogP contribution in [0.5, 0.6) is 0 Å². The van der Waals surface area contributed by atoms with Crippen molar-refractivity contribution in [1.29, 1.82) is 0 Å². The maximum Gasteiger partial charge on any atom is 0.141 e. The van der Waals surface area contributed by atoms with Gasteiger partial charge in [0.15, 0.2) is 0 Å². The summed E-state index contributed by atoms with van der Waals surface area (Å²) in [6.45, 7) is 4.07. The van der Waals surface area contributed by atoms with E-state index in [1.165, 1.54) is 27.6 Å². The standard InChI is InChI=1S/C29H26N4S/c1-4-10-22(11-5-1)25-20-34-29-26(25)28(30-21-31-29)33-18-16-32(17-19-33)27(23-12-6-2-7-13-23)24-14-8-3-9-15-24/h1-15,20-21,27H,16-19H2/p+1. The summed E-state index contributed by atoms with van der Waals surface area (Å²) >= 11 is 1.70. The van der Waals surface area contributed by atoms with E-state index >= 15 is 0 Å². The second-order valence-corrected chi connectivity index (χ2v) is 9.65. The third kappa shape index (κ3) is 3.98. The second kappa shape index (κ2) is 9.37. The van der Waals surface area contributed by atoms with Crippen molar-refractivity contribution in [2.75, 3.05) is 31.1 Å². The number of rotatable bonds is 5. The Balaban J connectivity index is 1.30. The molecule has 5 heteroatoms. The van der Waals surface area contributed by atoms with Crippen LogP contribution in [0.4, 0.5) is 5.82 Å². The van der Waals surface area contributed by atoms with Crippen LogP contribution in [0.15, 0.2) is 103 Å². The summed E-state index contributed by atoms with van der Waals surface area (Å²) in [5.41, 5.74) is 5.22. The Labute approximate surface area is 204 Å². The minimum Gasteiger partial charge on any atom is -0.345 e. The predicted octanol–water partition coefficient (Wildman–Crippen LogP) is 4.85. The van der Waals surface area contributed by atoms with Gasteiger partial charge in [0.25, 0.3) is 0 Å². The number of hydrogen-bond acceptors (Lipinski definition) is 4. The fourth-order valence-corrected chi connectivity index (χ4v) is 6.09. The van der Waals surface area contributed by atoms with Crippen molar-refractivity contribution in [3.63, 3.8) is 0 Å². The van der Waals surface area contributed by atoms with Gasteiger partial charge in [-0.2, -0.15) is 0 Å². The largest absolute Gasteiger partial charge is 0.345 e. The fraction of sp³-hybridized carbons (Fsp3) is 0.172. The normalized spacial score (nSPS) is 14.7. The molecule has 2 aromatic heterocycles. The summed E-state index contributed by atoms with van der Waals surface area (Å²) < 4.78 is 0. The molecule has 168 valence electrons. The van der Waals surface area contributed by atoms with E-state index in [2.05, 4.69) is 106 Å². The van der Waals surface area contributed by atoms with Crippen LogP contribution < -0.4 is 9.80 Å². The second-order valence-electron chi connectivity index (χ2n) is 8.79. The van der Waals surface area contributed by atoms with Gasteiger partial charge in [-0.05, 0) is 5.56 Å². The highest BCUT2D eigenvalue weighted by Gasteiger charge is 2.31. The number of hydrogen-bond donors (Lipinski definition) is 1.